The van der Waals surface area contributed by atoms with E-state index in [1.807, 2.05) is 37.3 Å². The van der Waals surface area contributed by atoms with Gasteiger partial charge in [-0.1, -0.05) is 37.3 Å². The number of anilines is 2. The molecule has 0 bridgehead atoms. The van der Waals surface area contributed by atoms with Crippen molar-refractivity contribution < 1.29 is 14.3 Å². The maximum Gasteiger partial charge on any atom is 0.341 e. The number of hydrogen-bond donors (Lipinski definition) is 2. The number of carbonyl (C=O) groups excluding carboxylic acids is 2. The molecule has 1 aromatic heterocycles. The van der Waals surface area contributed by atoms with Crippen LogP contribution in [0.2, 0.25) is 0 Å². The third-order valence-corrected chi connectivity index (χ3v) is 8.53. The SMILES string of the molecule is CCC(Sc1ccc(N)cc1)C(=O)Nc1sc2c(c1C(=O)OC)CCC(c1ccccc1)C2. The van der Waals surface area contributed by atoms with Crippen LogP contribution in [0.5, 0.6) is 0 Å². The summed E-state index contributed by atoms with van der Waals surface area (Å²) in [6, 6.07) is 18.0. The molecule has 0 saturated carbocycles. The number of thioether (sulfide) groups is 1. The Hall–Kier alpha value is -2.77. The number of amides is 1. The highest BCUT2D eigenvalue weighted by atomic mass is 32.2. The lowest BCUT2D eigenvalue weighted by Gasteiger charge is -2.22. The topological polar surface area (TPSA) is 81.4 Å². The molecule has 5 nitrogen and oxygen atoms in total. The average molecular weight is 481 g/mol. The third-order valence-electron chi connectivity index (χ3n) is 5.98. The van der Waals surface area contributed by atoms with Gasteiger partial charge in [-0.05, 0) is 67.0 Å². The highest BCUT2D eigenvalue weighted by Crippen LogP contribution is 2.43. The minimum Gasteiger partial charge on any atom is -0.465 e. The first-order valence-corrected chi connectivity index (χ1v) is 12.8. The molecule has 1 amide bonds. The Kier molecular flexibility index (Phi) is 7.40. The number of ether oxygens (including phenoxy) is 1. The summed E-state index contributed by atoms with van der Waals surface area (Å²) in [4.78, 5) is 28.0. The summed E-state index contributed by atoms with van der Waals surface area (Å²) in [5, 5.41) is 3.37. The fraction of sp³-hybridized carbons (Fsp3) is 0.308. The third kappa shape index (κ3) is 5.25. The summed E-state index contributed by atoms with van der Waals surface area (Å²) in [7, 11) is 1.39. The molecular formula is C26H28N2O3S2. The highest BCUT2D eigenvalue weighted by molar-refractivity contribution is 8.00. The molecule has 3 N–H and O–H groups in total. The lowest BCUT2D eigenvalue weighted by molar-refractivity contribution is -0.115. The maximum atomic E-state index is 13.2. The van der Waals surface area contributed by atoms with Gasteiger partial charge in [-0.3, -0.25) is 4.79 Å². The van der Waals surface area contributed by atoms with Gasteiger partial charge < -0.3 is 15.8 Å². The standard InChI is InChI=1S/C26H28N2O3S2/c1-3-21(32-19-12-10-18(27)11-13-19)24(29)28-25-23(26(30)31-2)20-14-9-17(15-22(20)33-25)16-7-5-4-6-8-16/h4-8,10-13,17,21H,3,9,14-15,27H2,1-2H3,(H,28,29). The van der Waals surface area contributed by atoms with E-state index in [-0.39, 0.29) is 17.1 Å². The monoisotopic (exact) mass is 480 g/mol. The second-order valence-corrected chi connectivity index (χ2v) is 10.5. The van der Waals surface area contributed by atoms with Crippen molar-refractivity contribution in [3.05, 3.63) is 76.2 Å². The van der Waals surface area contributed by atoms with Crippen molar-refractivity contribution in [3.63, 3.8) is 0 Å². The van der Waals surface area contributed by atoms with Gasteiger partial charge in [-0.15, -0.1) is 23.1 Å². The molecule has 33 heavy (non-hydrogen) atoms. The summed E-state index contributed by atoms with van der Waals surface area (Å²) >= 11 is 3.01. The molecule has 1 aliphatic carbocycles. The van der Waals surface area contributed by atoms with Crippen molar-refractivity contribution in [2.75, 3.05) is 18.2 Å². The van der Waals surface area contributed by atoms with Crippen LogP contribution in [0.15, 0.2) is 59.5 Å². The van der Waals surface area contributed by atoms with E-state index in [2.05, 4.69) is 29.6 Å². The van der Waals surface area contributed by atoms with Crippen LogP contribution in [0.25, 0.3) is 0 Å². The Balaban J connectivity index is 1.56. The molecule has 2 aromatic carbocycles. The van der Waals surface area contributed by atoms with Gasteiger partial charge in [0, 0.05) is 15.5 Å². The number of methoxy groups -OCH3 is 1. The number of benzene rings is 2. The van der Waals surface area contributed by atoms with Crippen LogP contribution in [0.4, 0.5) is 10.7 Å². The van der Waals surface area contributed by atoms with Gasteiger partial charge in [0.2, 0.25) is 5.91 Å². The predicted molar refractivity (Wildman–Crippen MR) is 136 cm³/mol. The molecule has 2 unspecified atom stereocenters. The molecule has 4 rings (SSSR count). The Morgan fingerprint density at radius 2 is 1.91 bits per heavy atom. The Labute approximate surface area is 202 Å². The number of rotatable bonds is 7. The molecule has 1 heterocycles. The number of nitrogens with one attached hydrogen (secondary N) is 1. The van der Waals surface area contributed by atoms with E-state index in [4.69, 9.17) is 10.5 Å². The minimum absolute atomic E-state index is 0.109. The summed E-state index contributed by atoms with van der Waals surface area (Å²) in [5.41, 5.74) is 9.32. The maximum absolute atomic E-state index is 13.2. The highest BCUT2D eigenvalue weighted by Gasteiger charge is 2.31. The van der Waals surface area contributed by atoms with Gasteiger partial charge in [0.25, 0.3) is 0 Å². The quantitative estimate of drug-likeness (QED) is 0.250. The zero-order valence-corrected chi connectivity index (χ0v) is 20.4. The Bertz CT molecular complexity index is 1130. The molecule has 3 aromatic rings. The summed E-state index contributed by atoms with van der Waals surface area (Å²) in [6.45, 7) is 1.99. The largest absolute Gasteiger partial charge is 0.465 e. The van der Waals surface area contributed by atoms with E-state index in [0.717, 1.165) is 34.6 Å². The minimum atomic E-state index is -0.389. The van der Waals surface area contributed by atoms with E-state index in [9.17, 15) is 9.59 Å². The molecule has 7 heteroatoms. The number of hydrogen-bond acceptors (Lipinski definition) is 6. The second-order valence-electron chi connectivity index (χ2n) is 8.12. The number of thiophene rings is 1. The molecule has 0 radical (unpaired) electrons. The molecule has 1 aliphatic rings. The smallest absolute Gasteiger partial charge is 0.341 e. The van der Waals surface area contributed by atoms with Crippen molar-refractivity contribution in [3.8, 4) is 0 Å². The van der Waals surface area contributed by atoms with Gasteiger partial charge >= 0.3 is 5.97 Å². The molecule has 2 atom stereocenters. The molecule has 0 fully saturated rings. The van der Waals surface area contributed by atoms with Crippen LogP contribution in [0, 0.1) is 0 Å². The summed E-state index contributed by atoms with van der Waals surface area (Å²) in [5.74, 6) is -0.0845. The Morgan fingerprint density at radius 3 is 2.58 bits per heavy atom. The molecule has 0 spiro atoms. The van der Waals surface area contributed by atoms with E-state index < -0.39 is 0 Å². The van der Waals surface area contributed by atoms with Crippen molar-refractivity contribution in [2.45, 2.75) is 48.7 Å². The predicted octanol–water partition coefficient (Wildman–Crippen LogP) is 5.90. The van der Waals surface area contributed by atoms with Crippen molar-refractivity contribution >= 4 is 45.7 Å². The fourth-order valence-corrected chi connectivity index (χ4v) is 6.50. The average Bonchev–Trinajstić information content (AvgIpc) is 3.20. The first-order valence-electron chi connectivity index (χ1n) is 11.1. The lowest BCUT2D eigenvalue weighted by atomic mass is 9.83. The lowest BCUT2D eigenvalue weighted by Crippen LogP contribution is -2.25. The summed E-state index contributed by atoms with van der Waals surface area (Å²) in [6.07, 6.45) is 3.29. The molecule has 0 aliphatic heterocycles. The number of nitrogens with two attached hydrogens (primary N) is 1. The zero-order valence-electron chi connectivity index (χ0n) is 18.8. The van der Waals surface area contributed by atoms with Crippen LogP contribution in [0.3, 0.4) is 0 Å². The van der Waals surface area contributed by atoms with Crippen molar-refractivity contribution in [2.24, 2.45) is 0 Å². The van der Waals surface area contributed by atoms with Gasteiger partial charge in [0.15, 0.2) is 0 Å². The van der Waals surface area contributed by atoms with Crippen LogP contribution >= 0.6 is 23.1 Å². The number of carbonyl (C=O) groups is 2. The molecule has 0 saturated heterocycles. The first kappa shape index (κ1) is 23.4. The van der Waals surface area contributed by atoms with Gasteiger partial charge in [-0.2, -0.15) is 0 Å². The van der Waals surface area contributed by atoms with E-state index in [0.29, 0.717) is 28.6 Å². The fourth-order valence-electron chi connectivity index (χ4n) is 4.23. The number of nitrogen functional groups attached to an aromatic ring is 1. The van der Waals surface area contributed by atoms with E-state index in [1.165, 1.54) is 35.8 Å². The van der Waals surface area contributed by atoms with Crippen LogP contribution in [-0.4, -0.2) is 24.2 Å². The van der Waals surface area contributed by atoms with E-state index >= 15 is 0 Å². The van der Waals surface area contributed by atoms with Crippen molar-refractivity contribution in [1.82, 2.24) is 0 Å². The number of esters is 1. The second kappa shape index (κ2) is 10.4. The first-order chi connectivity index (χ1) is 16.0. The van der Waals surface area contributed by atoms with Gasteiger partial charge in [0.1, 0.15) is 5.00 Å². The van der Waals surface area contributed by atoms with E-state index in [1.54, 1.807) is 0 Å². The van der Waals surface area contributed by atoms with Crippen molar-refractivity contribution in [1.29, 1.82) is 0 Å². The number of fused-ring (bicyclic) bond motifs is 1. The Morgan fingerprint density at radius 1 is 1.18 bits per heavy atom. The molecular weight excluding hydrogens is 452 g/mol. The molecule has 172 valence electrons. The van der Waals surface area contributed by atoms with Gasteiger partial charge in [-0.25, -0.2) is 4.79 Å². The van der Waals surface area contributed by atoms with Gasteiger partial charge in [0.05, 0.1) is 17.9 Å². The van der Waals surface area contributed by atoms with Crippen LogP contribution < -0.4 is 11.1 Å². The van der Waals surface area contributed by atoms with Crippen LogP contribution in [0.1, 0.15) is 52.0 Å². The summed E-state index contributed by atoms with van der Waals surface area (Å²) < 4.78 is 5.09. The van der Waals surface area contributed by atoms with Crippen LogP contribution in [-0.2, 0) is 22.4 Å². The zero-order chi connectivity index (χ0) is 23.4. The normalized spacial score (nSPS) is 16.0.